The summed E-state index contributed by atoms with van der Waals surface area (Å²) in [5.74, 6) is 1.63. The van der Waals surface area contributed by atoms with Gasteiger partial charge in [-0.25, -0.2) is 4.98 Å². The summed E-state index contributed by atoms with van der Waals surface area (Å²) >= 11 is 0. The number of pyridine rings is 2. The van der Waals surface area contributed by atoms with Crippen LogP contribution >= 0.6 is 0 Å². The highest BCUT2D eigenvalue weighted by Crippen LogP contribution is 2.29. The van der Waals surface area contributed by atoms with Crippen molar-refractivity contribution in [3.05, 3.63) is 66.6 Å². The van der Waals surface area contributed by atoms with Crippen LogP contribution in [0.4, 0.5) is 0 Å². The zero-order valence-electron chi connectivity index (χ0n) is 16.2. The van der Waals surface area contributed by atoms with Gasteiger partial charge in [0.15, 0.2) is 0 Å². The largest absolute Gasteiger partial charge is 0.342 e. The minimum atomic E-state index is 0.224. The summed E-state index contributed by atoms with van der Waals surface area (Å²) in [5.41, 5.74) is 3.27. The molecule has 0 unspecified atom stereocenters. The van der Waals surface area contributed by atoms with Crippen LogP contribution in [0.3, 0.4) is 0 Å². The molecule has 144 valence electrons. The van der Waals surface area contributed by atoms with Crippen LogP contribution in [0, 0.1) is 0 Å². The second kappa shape index (κ2) is 8.33. The van der Waals surface area contributed by atoms with Gasteiger partial charge in [0.1, 0.15) is 5.82 Å². The van der Waals surface area contributed by atoms with E-state index >= 15 is 0 Å². The normalized spacial score (nSPS) is 16.5. The van der Waals surface area contributed by atoms with Crippen molar-refractivity contribution in [1.29, 1.82) is 0 Å². The molecule has 1 saturated heterocycles. The average Bonchev–Trinajstić information content (AvgIpc) is 3.42. The van der Waals surface area contributed by atoms with Gasteiger partial charge in [0.05, 0.1) is 5.69 Å². The van der Waals surface area contributed by atoms with Gasteiger partial charge < -0.3 is 9.47 Å². The number of rotatable bonds is 6. The maximum atomic E-state index is 12.7. The highest BCUT2D eigenvalue weighted by molar-refractivity contribution is 5.76. The minimum absolute atomic E-state index is 0.224. The predicted octanol–water partition coefficient (Wildman–Crippen LogP) is 3.31. The number of nitrogens with zero attached hydrogens (tertiary/aromatic N) is 5. The van der Waals surface area contributed by atoms with Crippen molar-refractivity contribution < 1.29 is 4.79 Å². The molecule has 1 amide bonds. The number of carbonyl (C=O) groups is 1. The van der Waals surface area contributed by atoms with Gasteiger partial charge in [-0.2, -0.15) is 0 Å². The molecule has 0 aliphatic carbocycles. The van der Waals surface area contributed by atoms with E-state index in [9.17, 15) is 4.79 Å². The van der Waals surface area contributed by atoms with E-state index in [0.717, 1.165) is 43.0 Å². The predicted molar refractivity (Wildman–Crippen MR) is 108 cm³/mol. The second-order valence-electron chi connectivity index (χ2n) is 7.18. The summed E-state index contributed by atoms with van der Waals surface area (Å²) in [7, 11) is 0. The van der Waals surface area contributed by atoms with Gasteiger partial charge in [0, 0.05) is 74.9 Å². The number of aromatic nitrogens is 4. The maximum Gasteiger partial charge on any atom is 0.224 e. The van der Waals surface area contributed by atoms with E-state index in [2.05, 4.69) is 38.6 Å². The van der Waals surface area contributed by atoms with E-state index in [-0.39, 0.29) is 5.91 Å². The quantitative estimate of drug-likeness (QED) is 0.663. The van der Waals surface area contributed by atoms with Crippen LogP contribution in [-0.2, 0) is 17.8 Å². The van der Waals surface area contributed by atoms with E-state index in [1.54, 1.807) is 18.6 Å². The number of imidazole rings is 1. The molecule has 4 heterocycles. The van der Waals surface area contributed by atoms with Crippen molar-refractivity contribution >= 4 is 5.91 Å². The van der Waals surface area contributed by atoms with Gasteiger partial charge in [-0.1, -0.05) is 6.92 Å². The molecule has 0 bridgehead atoms. The zero-order chi connectivity index (χ0) is 19.3. The first-order valence-electron chi connectivity index (χ1n) is 9.88. The summed E-state index contributed by atoms with van der Waals surface area (Å²) in [5, 5.41) is 0. The molecule has 28 heavy (non-hydrogen) atoms. The van der Waals surface area contributed by atoms with Crippen molar-refractivity contribution in [2.75, 3.05) is 13.1 Å². The van der Waals surface area contributed by atoms with Crippen molar-refractivity contribution in [1.82, 2.24) is 24.4 Å². The number of amides is 1. The molecule has 0 saturated carbocycles. The smallest absolute Gasteiger partial charge is 0.224 e. The lowest BCUT2D eigenvalue weighted by atomic mass is 9.97. The van der Waals surface area contributed by atoms with Crippen LogP contribution in [0.25, 0.3) is 11.3 Å². The Morgan fingerprint density at radius 3 is 2.82 bits per heavy atom. The second-order valence-corrected chi connectivity index (χ2v) is 7.18. The first-order chi connectivity index (χ1) is 13.7. The lowest BCUT2D eigenvalue weighted by Crippen LogP contribution is -2.29. The van der Waals surface area contributed by atoms with Gasteiger partial charge in [-0.05, 0) is 36.2 Å². The standard InChI is InChI=1S/C22H25N5O/c1-2-21-25-11-14-26(21)13-7-22(28)27-12-6-19(16-27)18-5-10-24-20(15-18)17-3-8-23-9-4-17/h3-5,8-11,14-15,19H,2,6-7,12-13,16H2,1H3/t19-/m1/s1. The number of hydrogen-bond acceptors (Lipinski definition) is 4. The molecule has 0 radical (unpaired) electrons. The van der Waals surface area contributed by atoms with Crippen molar-refractivity contribution in [3.63, 3.8) is 0 Å². The molecule has 1 fully saturated rings. The Hall–Kier alpha value is -3.02. The molecule has 1 aliphatic heterocycles. The van der Waals surface area contributed by atoms with Gasteiger partial charge in [0.2, 0.25) is 5.91 Å². The first kappa shape index (κ1) is 18.3. The monoisotopic (exact) mass is 375 g/mol. The molecule has 0 spiro atoms. The summed E-state index contributed by atoms with van der Waals surface area (Å²) in [6.45, 7) is 4.38. The van der Waals surface area contributed by atoms with Crippen LogP contribution in [0.2, 0.25) is 0 Å². The molecule has 6 heteroatoms. The summed E-state index contributed by atoms with van der Waals surface area (Å²) in [6, 6.07) is 8.16. The maximum absolute atomic E-state index is 12.7. The molecule has 3 aromatic heterocycles. The van der Waals surface area contributed by atoms with Gasteiger partial charge in [0.25, 0.3) is 0 Å². The third-order valence-corrected chi connectivity index (χ3v) is 5.46. The Morgan fingerprint density at radius 1 is 1.14 bits per heavy atom. The molecule has 1 atom stereocenters. The SMILES string of the molecule is CCc1nccn1CCC(=O)N1CC[C@@H](c2ccnc(-c3ccncc3)c2)C1. The Bertz CT molecular complexity index is 937. The Balaban J connectivity index is 1.38. The summed E-state index contributed by atoms with van der Waals surface area (Å²) in [4.78, 5) is 27.6. The lowest BCUT2D eigenvalue weighted by Gasteiger charge is -2.17. The highest BCUT2D eigenvalue weighted by atomic mass is 16.2. The summed E-state index contributed by atoms with van der Waals surface area (Å²) in [6.07, 6.45) is 11.6. The molecule has 0 aromatic carbocycles. The minimum Gasteiger partial charge on any atom is -0.342 e. The van der Waals surface area contributed by atoms with Crippen LogP contribution < -0.4 is 0 Å². The molecule has 3 aromatic rings. The van der Waals surface area contributed by atoms with Crippen LogP contribution in [0.15, 0.2) is 55.2 Å². The van der Waals surface area contributed by atoms with E-state index in [0.29, 0.717) is 18.9 Å². The third kappa shape index (κ3) is 3.96. The fourth-order valence-corrected chi connectivity index (χ4v) is 3.87. The van der Waals surface area contributed by atoms with Crippen molar-refractivity contribution in [2.24, 2.45) is 0 Å². The van der Waals surface area contributed by atoms with Crippen LogP contribution in [-0.4, -0.2) is 43.4 Å². The van der Waals surface area contributed by atoms with Crippen LogP contribution in [0.5, 0.6) is 0 Å². The molecule has 6 nitrogen and oxygen atoms in total. The first-order valence-corrected chi connectivity index (χ1v) is 9.88. The number of aryl methyl sites for hydroxylation is 2. The Labute approximate surface area is 165 Å². The van der Waals surface area contributed by atoms with Gasteiger partial charge in [-0.15, -0.1) is 0 Å². The molecule has 4 rings (SSSR count). The van der Waals surface area contributed by atoms with E-state index in [1.165, 1.54) is 5.56 Å². The third-order valence-electron chi connectivity index (χ3n) is 5.46. The highest BCUT2D eigenvalue weighted by Gasteiger charge is 2.27. The molecular formula is C22H25N5O. The van der Waals surface area contributed by atoms with E-state index in [4.69, 9.17) is 0 Å². The molecule has 1 aliphatic rings. The average molecular weight is 375 g/mol. The fraction of sp³-hybridized carbons (Fsp3) is 0.364. The Kier molecular flexibility index (Phi) is 5.46. The van der Waals surface area contributed by atoms with Gasteiger partial charge >= 0.3 is 0 Å². The Morgan fingerprint density at radius 2 is 2.00 bits per heavy atom. The molecule has 0 N–H and O–H groups in total. The number of likely N-dealkylation sites (tertiary alicyclic amines) is 1. The zero-order valence-corrected chi connectivity index (χ0v) is 16.2. The fourth-order valence-electron chi connectivity index (χ4n) is 3.87. The number of hydrogen-bond donors (Lipinski definition) is 0. The van der Waals surface area contributed by atoms with Crippen molar-refractivity contribution in [3.8, 4) is 11.3 Å². The summed E-state index contributed by atoms with van der Waals surface area (Å²) < 4.78 is 2.08. The van der Waals surface area contributed by atoms with E-state index < -0.39 is 0 Å². The van der Waals surface area contributed by atoms with Gasteiger partial charge in [-0.3, -0.25) is 14.8 Å². The lowest BCUT2D eigenvalue weighted by molar-refractivity contribution is -0.130. The van der Waals surface area contributed by atoms with Crippen molar-refractivity contribution in [2.45, 2.75) is 38.6 Å². The topological polar surface area (TPSA) is 63.9 Å². The van der Waals surface area contributed by atoms with E-state index in [1.807, 2.05) is 29.4 Å². The molecular weight excluding hydrogens is 350 g/mol. The van der Waals surface area contributed by atoms with Crippen LogP contribution in [0.1, 0.15) is 37.1 Å². The number of carbonyl (C=O) groups excluding carboxylic acids is 1.